The molecule has 1 amide bonds. The molecular weight excluding hydrogens is 562 g/mol. The van der Waals surface area contributed by atoms with Crippen molar-refractivity contribution in [1.82, 2.24) is 0 Å². The Kier molecular flexibility index (Phi) is 8.91. The van der Waals surface area contributed by atoms with E-state index in [1.54, 1.807) is 13.0 Å². The van der Waals surface area contributed by atoms with Gasteiger partial charge in [-0.15, -0.1) is 0 Å². The van der Waals surface area contributed by atoms with Gasteiger partial charge < -0.3 is 4.74 Å². The highest BCUT2D eigenvalue weighted by molar-refractivity contribution is 9.10. The van der Waals surface area contributed by atoms with Gasteiger partial charge in [-0.3, -0.25) is 4.79 Å². The molecule has 0 saturated carbocycles. The van der Waals surface area contributed by atoms with Crippen molar-refractivity contribution in [3.05, 3.63) is 86.8 Å². The molecule has 0 spiro atoms. The highest BCUT2D eigenvalue weighted by atomic mass is 79.9. The quantitative estimate of drug-likeness (QED) is 0.253. The molecule has 0 fully saturated rings. The van der Waals surface area contributed by atoms with Gasteiger partial charge in [-0.2, -0.15) is 0 Å². The summed E-state index contributed by atoms with van der Waals surface area (Å²) in [6, 6.07) is 17.2. The maximum Gasteiger partial charge on any atom is 0.270 e. The van der Waals surface area contributed by atoms with Crippen LogP contribution in [-0.4, -0.2) is 20.9 Å². The number of carbonyl (C=O) groups excluding carboxylic acids is 1. The van der Waals surface area contributed by atoms with Gasteiger partial charge in [-0.1, -0.05) is 50.6 Å². The van der Waals surface area contributed by atoms with Crippen molar-refractivity contribution < 1.29 is 17.9 Å². The fraction of sp³-hybridized carbons (Fsp3) is 0.321. The summed E-state index contributed by atoms with van der Waals surface area (Å²) in [5, 5.41) is 0.414. The summed E-state index contributed by atoms with van der Waals surface area (Å²) in [5.41, 5.74) is 3.07. The summed E-state index contributed by atoms with van der Waals surface area (Å²) in [6.07, 6.45) is 0.349. The minimum atomic E-state index is -4.15. The Morgan fingerprint density at radius 3 is 2.28 bits per heavy atom. The van der Waals surface area contributed by atoms with E-state index < -0.39 is 15.9 Å². The predicted molar refractivity (Wildman–Crippen MR) is 150 cm³/mol. The van der Waals surface area contributed by atoms with Gasteiger partial charge in [0, 0.05) is 11.4 Å². The zero-order valence-corrected chi connectivity index (χ0v) is 24.3. The van der Waals surface area contributed by atoms with Crippen LogP contribution in [0.15, 0.2) is 70.0 Å². The second-order valence-electron chi connectivity index (χ2n) is 9.75. The normalized spacial score (nSPS) is 11.9. The molecule has 0 saturated heterocycles. The predicted octanol–water partition coefficient (Wildman–Crippen LogP) is 7.60. The molecule has 0 N–H and O–H groups in total. The van der Waals surface area contributed by atoms with Gasteiger partial charge in [0.1, 0.15) is 5.75 Å². The molecule has 3 aromatic carbocycles. The van der Waals surface area contributed by atoms with Crippen molar-refractivity contribution in [3.63, 3.8) is 0 Å². The Balaban J connectivity index is 1.79. The molecule has 0 aliphatic rings. The average Bonchev–Trinajstić information content (AvgIpc) is 2.79. The van der Waals surface area contributed by atoms with Crippen LogP contribution in [0.25, 0.3) is 0 Å². The van der Waals surface area contributed by atoms with Gasteiger partial charge >= 0.3 is 0 Å². The van der Waals surface area contributed by atoms with Crippen molar-refractivity contribution in [2.75, 3.05) is 10.9 Å². The molecule has 0 bridgehead atoms. The first-order chi connectivity index (χ1) is 16.8. The molecule has 192 valence electrons. The third-order valence-electron chi connectivity index (χ3n) is 5.75. The summed E-state index contributed by atoms with van der Waals surface area (Å²) in [5.74, 6) is 0.153. The van der Waals surface area contributed by atoms with E-state index in [0.717, 1.165) is 14.3 Å². The van der Waals surface area contributed by atoms with E-state index in [1.807, 2.05) is 37.3 Å². The first kappa shape index (κ1) is 28.2. The summed E-state index contributed by atoms with van der Waals surface area (Å²) < 4.78 is 34.8. The maximum atomic E-state index is 13.6. The molecule has 0 radical (unpaired) electrons. The van der Waals surface area contributed by atoms with E-state index in [0.29, 0.717) is 28.4 Å². The molecular formula is C28H31BrClNO4S. The second kappa shape index (κ2) is 11.4. The van der Waals surface area contributed by atoms with Crippen LogP contribution >= 0.6 is 27.5 Å². The molecule has 0 aliphatic heterocycles. The summed E-state index contributed by atoms with van der Waals surface area (Å²) in [4.78, 5) is 13.4. The van der Waals surface area contributed by atoms with Gasteiger partial charge in [-0.25, -0.2) is 12.7 Å². The maximum absolute atomic E-state index is 13.6. The number of carbonyl (C=O) groups is 1. The van der Waals surface area contributed by atoms with E-state index in [9.17, 15) is 13.2 Å². The Bertz CT molecular complexity index is 1350. The zero-order valence-electron chi connectivity index (χ0n) is 21.1. The lowest BCUT2D eigenvalue weighted by Gasteiger charge is -2.25. The topological polar surface area (TPSA) is 63.7 Å². The third-order valence-corrected chi connectivity index (χ3v) is 8.37. The average molecular weight is 593 g/mol. The number of benzene rings is 3. The number of hydrogen-bond acceptors (Lipinski definition) is 4. The standard InChI is InChI=1S/C28H31BrClNO4S/c1-19-8-9-20(2)25(17-19)31(36(33,34)23-13-11-22(30)12-14-23)27(32)7-6-16-35-26-15-10-21(18-24(26)29)28(3,4)5/h8-15,17-18H,6-7,16H2,1-5H3. The SMILES string of the molecule is Cc1ccc(C)c(N(C(=O)CCCOc2ccc(C(C)(C)C)cc2Br)S(=O)(=O)c2ccc(Cl)cc2)c1. The Morgan fingerprint density at radius 1 is 1.00 bits per heavy atom. The molecule has 36 heavy (non-hydrogen) atoms. The second-order valence-corrected chi connectivity index (χ2v) is 12.8. The number of amides is 1. The molecule has 8 heteroatoms. The zero-order chi connectivity index (χ0) is 26.7. The van der Waals surface area contributed by atoms with E-state index in [2.05, 4.69) is 36.7 Å². The van der Waals surface area contributed by atoms with Crippen molar-refractivity contribution >= 4 is 49.1 Å². The van der Waals surface area contributed by atoms with E-state index in [-0.39, 0.29) is 23.3 Å². The number of ether oxygens (including phenoxy) is 1. The lowest BCUT2D eigenvalue weighted by atomic mass is 9.87. The fourth-order valence-corrected chi connectivity index (χ4v) is 5.76. The minimum absolute atomic E-state index is 0.000254. The summed E-state index contributed by atoms with van der Waals surface area (Å²) >= 11 is 9.51. The van der Waals surface area contributed by atoms with Gasteiger partial charge in [0.05, 0.1) is 21.7 Å². The lowest BCUT2D eigenvalue weighted by Crippen LogP contribution is -2.37. The number of hydrogen-bond donors (Lipinski definition) is 0. The van der Waals surface area contributed by atoms with Gasteiger partial charge in [0.15, 0.2) is 0 Å². The molecule has 0 aliphatic carbocycles. The fourth-order valence-electron chi connectivity index (χ4n) is 3.64. The molecule has 3 rings (SSSR count). The molecule has 0 unspecified atom stereocenters. The highest BCUT2D eigenvalue weighted by Crippen LogP contribution is 2.32. The van der Waals surface area contributed by atoms with E-state index in [1.165, 1.54) is 29.8 Å². The van der Waals surface area contributed by atoms with E-state index in [4.69, 9.17) is 16.3 Å². The molecule has 0 atom stereocenters. The lowest BCUT2D eigenvalue weighted by molar-refractivity contribution is -0.117. The number of anilines is 1. The van der Waals surface area contributed by atoms with Gasteiger partial charge in [0.25, 0.3) is 10.0 Å². The molecule has 0 aromatic heterocycles. The van der Waals surface area contributed by atoms with E-state index >= 15 is 0 Å². The molecule has 3 aromatic rings. The molecule has 5 nitrogen and oxygen atoms in total. The monoisotopic (exact) mass is 591 g/mol. The smallest absolute Gasteiger partial charge is 0.270 e. The van der Waals surface area contributed by atoms with Crippen LogP contribution in [0, 0.1) is 13.8 Å². The Hall–Kier alpha value is -2.35. The summed E-state index contributed by atoms with van der Waals surface area (Å²) in [7, 11) is -4.15. The van der Waals surface area contributed by atoms with Gasteiger partial charge in [0.2, 0.25) is 5.91 Å². The van der Waals surface area contributed by atoms with Crippen LogP contribution in [0.1, 0.15) is 50.3 Å². The Labute approximate surface area is 227 Å². The number of rotatable bonds is 8. The van der Waals surface area contributed by atoms with Crippen LogP contribution < -0.4 is 9.04 Å². The number of halogens is 2. The first-order valence-electron chi connectivity index (χ1n) is 11.6. The Morgan fingerprint density at radius 2 is 1.67 bits per heavy atom. The third kappa shape index (κ3) is 6.69. The van der Waals surface area contributed by atoms with Gasteiger partial charge in [-0.05, 0) is 101 Å². The molecule has 0 heterocycles. The largest absolute Gasteiger partial charge is 0.492 e. The van der Waals surface area contributed by atoms with Crippen LogP contribution in [0.3, 0.4) is 0 Å². The van der Waals surface area contributed by atoms with Crippen molar-refractivity contribution in [2.45, 2.75) is 57.8 Å². The van der Waals surface area contributed by atoms with Crippen LogP contribution in [-0.2, 0) is 20.2 Å². The van der Waals surface area contributed by atoms with Crippen LogP contribution in [0.4, 0.5) is 5.69 Å². The summed E-state index contributed by atoms with van der Waals surface area (Å²) in [6.45, 7) is 10.3. The highest BCUT2D eigenvalue weighted by Gasteiger charge is 2.31. The number of aryl methyl sites for hydroxylation is 2. The van der Waals surface area contributed by atoms with Crippen molar-refractivity contribution in [3.8, 4) is 5.75 Å². The minimum Gasteiger partial charge on any atom is -0.492 e. The first-order valence-corrected chi connectivity index (χ1v) is 14.3. The van der Waals surface area contributed by atoms with Crippen molar-refractivity contribution in [2.24, 2.45) is 0 Å². The van der Waals surface area contributed by atoms with Crippen molar-refractivity contribution in [1.29, 1.82) is 0 Å². The van der Waals surface area contributed by atoms with Crippen LogP contribution in [0.2, 0.25) is 5.02 Å². The number of nitrogens with zero attached hydrogens (tertiary/aromatic N) is 1. The van der Waals surface area contributed by atoms with Crippen LogP contribution in [0.5, 0.6) is 5.75 Å². The number of sulfonamides is 1.